The minimum absolute atomic E-state index is 0.191. The summed E-state index contributed by atoms with van der Waals surface area (Å²) < 4.78 is 27.7. The number of aryl methyl sites for hydroxylation is 1. The Balaban J connectivity index is 2.16. The first-order valence-corrected chi connectivity index (χ1v) is 8.36. The molecule has 0 aliphatic rings. The van der Waals surface area contributed by atoms with Gasteiger partial charge in [-0.3, -0.25) is 4.68 Å². The number of hydrogen-bond acceptors (Lipinski definition) is 4. The minimum Gasteiger partial charge on any atom is -0.317 e. The predicted molar refractivity (Wildman–Crippen MR) is 76.5 cm³/mol. The zero-order valence-corrected chi connectivity index (χ0v) is 12.5. The van der Waals surface area contributed by atoms with Crippen molar-refractivity contribution in [3.05, 3.63) is 18.0 Å². The summed E-state index contributed by atoms with van der Waals surface area (Å²) in [7, 11) is -3.15. The van der Waals surface area contributed by atoms with Crippen LogP contribution in [0.1, 0.15) is 25.3 Å². The van der Waals surface area contributed by atoms with E-state index in [-0.39, 0.29) is 5.75 Å². The average molecular weight is 288 g/mol. The fourth-order valence-corrected chi connectivity index (χ4v) is 2.83. The summed E-state index contributed by atoms with van der Waals surface area (Å²) in [4.78, 5) is 0. The molecule has 0 saturated carbocycles. The van der Waals surface area contributed by atoms with Gasteiger partial charge in [0.1, 0.15) is 0 Å². The van der Waals surface area contributed by atoms with Crippen LogP contribution in [0.4, 0.5) is 0 Å². The monoisotopic (exact) mass is 288 g/mol. The van der Waals surface area contributed by atoms with Crippen molar-refractivity contribution in [2.45, 2.75) is 33.2 Å². The second kappa shape index (κ2) is 8.29. The lowest BCUT2D eigenvalue weighted by Gasteiger charge is -2.07. The Hall–Kier alpha value is -0.920. The number of aromatic nitrogens is 2. The van der Waals surface area contributed by atoms with Crippen molar-refractivity contribution in [3.63, 3.8) is 0 Å². The first kappa shape index (κ1) is 16.1. The highest BCUT2D eigenvalue weighted by Gasteiger charge is 2.08. The van der Waals surface area contributed by atoms with Crippen molar-refractivity contribution in [1.82, 2.24) is 19.8 Å². The Bertz CT molecular complexity index is 456. The zero-order valence-electron chi connectivity index (χ0n) is 11.7. The predicted octanol–water partition coefficient (Wildman–Crippen LogP) is 0.501. The van der Waals surface area contributed by atoms with E-state index in [9.17, 15) is 8.42 Å². The lowest BCUT2D eigenvalue weighted by molar-refractivity contribution is 0.556. The maximum Gasteiger partial charge on any atom is 0.211 e. The fraction of sp³-hybridized carbons (Fsp3) is 0.750. The molecule has 1 rings (SSSR count). The standard InChI is InChI=1S/C12H24N4O2S/c1-3-13-6-4-5-9-19(17,18)15-7-8-16-11-12(2)10-14-16/h10-11,13,15H,3-9H2,1-2H3. The van der Waals surface area contributed by atoms with Crippen molar-refractivity contribution >= 4 is 10.0 Å². The summed E-state index contributed by atoms with van der Waals surface area (Å²) in [6.07, 6.45) is 5.22. The number of nitrogens with zero attached hydrogens (tertiary/aromatic N) is 2. The highest BCUT2D eigenvalue weighted by molar-refractivity contribution is 7.89. The second-order valence-electron chi connectivity index (χ2n) is 4.55. The molecule has 0 spiro atoms. The molecule has 1 heterocycles. The van der Waals surface area contributed by atoms with Gasteiger partial charge in [0.25, 0.3) is 0 Å². The van der Waals surface area contributed by atoms with Gasteiger partial charge in [-0.05, 0) is 38.4 Å². The number of rotatable bonds is 10. The molecule has 0 aliphatic carbocycles. The zero-order chi connectivity index (χ0) is 14.1. The van der Waals surface area contributed by atoms with Crippen molar-refractivity contribution in [2.24, 2.45) is 0 Å². The molecular weight excluding hydrogens is 264 g/mol. The first-order chi connectivity index (χ1) is 9.03. The van der Waals surface area contributed by atoms with E-state index in [1.165, 1.54) is 0 Å². The molecule has 0 bridgehead atoms. The highest BCUT2D eigenvalue weighted by atomic mass is 32.2. The van der Waals surface area contributed by atoms with E-state index < -0.39 is 10.0 Å². The maximum atomic E-state index is 11.7. The van der Waals surface area contributed by atoms with Gasteiger partial charge in [0.15, 0.2) is 0 Å². The number of nitrogens with one attached hydrogen (secondary N) is 2. The molecule has 0 amide bonds. The van der Waals surface area contributed by atoms with Crippen molar-refractivity contribution < 1.29 is 8.42 Å². The lowest BCUT2D eigenvalue weighted by atomic mass is 10.3. The van der Waals surface area contributed by atoms with Crippen LogP contribution in [0.25, 0.3) is 0 Å². The Kier molecular flexibility index (Phi) is 7.04. The summed E-state index contributed by atoms with van der Waals surface area (Å²) in [6, 6.07) is 0. The van der Waals surface area contributed by atoms with Crippen LogP contribution in [0.2, 0.25) is 0 Å². The molecule has 110 valence electrons. The van der Waals surface area contributed by atoms with Crippen LogP contribution in [0.15, 0.2) is 12.4 Å². The Labute approximate surface area is 115 Å². The van der Waals surface area contributed by atoms with Gasteiger partial charge < -0.3 is 5.32 Å². The third kappa shape index (κ3) is 7.29. The van der Waals surface area contributed by atoms with Gasteiger partial charge in [0, 0.05) is 12.7 Å². The van der Waals surface area contributed by atoms with Gasteiger partial charge in [-0.2, -0.15) is 5.10 Å². The number of hydrogen-bond donors (Lipinski definition) is 2. The van der Waals surface area contributed by atoms with E-state index in [1.807, 2.05) is 20.0 Å². The third-order valence-electron chi connectivity index (χ3n) is 2.69. The molecule has 1 aromatic rings. The molecule has 0 unspecified atom stereocenters. The smallest absolute Gasteiger partial charge is 0.211 e. The minimum atomic E-state index is -3.15. The molecule has 7 heteroatoms. The maximum absolute atomic E-state index is 11.7. The summed E-state index contributed by atoms with van der Waals surface area (Å²) >= 11 is 0. The molecule has 0 radical (unpaired) electrons. The van der Waals surface area contributed by atoms with Crippen LogP contribution in [0, 0.1) is 6.92 Å². The van der Waals surface area contributed by atoms with Crippen molar-refractivity contribution in [1.29, 1.82) is 0 Å². The van der Waals surface area contributed by atoms with Gasteiger partial charge in [-0.25, -0.2) is 13.1 Å². The normalized spacial score (nSPS) is 11.9. The summed E-state index contributed by atoms with van der Waals surface area (Å²) in [6.45, 7) is 6.74. The fourth-order valence-electron chi connectivity index (χ4n) is 1.70. The Morgan fingerprint density at radius 2 is 2.11 bits per heavy atom. The topological polar surface area (TPSA) is 76.0 Å². The molecule has 1 aromatic heterocycles. The van der Waals surface area contributed by atoms with Gasteiger partial charge in [0.05, 0.1) is 18.5 Å². The van der Waals surface area contributed by atoms with Crippen LogP contribution in [0.3, 0.4) is 0 Å². The molecule has 19 heavy (non-hydrogen) atoms. The molecule has 0 fully saturated rings. The van der Waals surface area contributed by atoms with Crippen LogP contribution >= 0.6 is 0 Å². The molecule has 0 aliphatic heterocycles. The average Bonchev–Trinajstić information content (AvgIpc) is 2.74. The van der Waals surface area contributed by atoms with Gasteiger partial charge >= 0.3 is 0 Å². The van der Waals surface area contributed by atoms with E-state index in [0.717, 1.165) is 25.1 Å². The van der Waals surface area contributed by atoms with E-state index >= 15 is 0 Å². The first-order valence-electron chi connectivity index (χ1n) is 6.70. The van der Waals surface area contributed by atoms with Crippen LogP contribution in [0.5, 0.6) is 0 Å². The van der Waals surface area contributed by atoms with E-state index in [0.29, 0.717) is 19.5 Å². The van der Waals surface area contributed by atoms with Gasteiger partial charge in [-0.15, -0.1) is 0 Å². The van der Waals surface area contributed by atoms with E-state index in [1.54, 1.807) is 10.9 Å². The third-order valence-corrected chi connectivity index (χ3v) is 4.16. The lowest BCUT2D eigenvalue weighted by Crippen LogP contribution is -2.30. The van der Waals surface area contributed by atoms with Crippen molar-refractivity contribution in [2.75, 3.05) is 25.4 Å². The largest absolute Gasteiger partial charge is 0.317 e. The van der Waals surface area contributed by atoms with Crippen LogP contribution < -0.4 is 10.0 Å². The molecule has 0 saturated heterocycles. The van der Waals surface area contributed by atoms with E-state index in [2.05, 4.69) is 15.1 Å². The molecular formula is C12H24N4O2S. The summed E-state index contributed by atoms with van der Waals surface area (Å²) in [5, 5.41) is 7.28. The highest BCUT2D eigenvalue weighted by Crippen LogP contribution is 1.96. The van der Waals surface area contributed by atoms with Crippen LogP contribution in [-0.2, 0) is 16.6 Å². The second-order valence-corrected chi connectivity index (χ2v) is 6.48. The number of sulfonamides is 1. The van der Waals surface area contributed by atoms with Gasteiger partial charge in [-0.1, -0.05) is 6.92 Å². The SMILES string of the molecule is CCNCCCCS(=O)(=O)NCCn1cc(C)cn1. The molecule has 0 aromatic carbocycles. The van der Waals surface area contributed by atoms with E-state index in [4.69, 9.17) is 0 Å². The van der Waals surface area contributed by atoms with Crippen LogP contribution in [-0.4, -0.2) is 43.6 Å². The van der Waals surface area contributed by atoms with Gasteiger partial charge in [0.2, 0.25) is 10.0 Å². The quantitative estimate of drug-likeness (QED) is 0.615. The summed E-state index contributed by atoms with van der Waals surface area (Å²) in [5.41, 5.74) is 1.08. The Morgan fingerprint density at radius 3 is 2.74 bits per heavy atom. The molecule has 2 N–H and O–H groups in total. The summed E-state index contributed by atoms with van der Waals surface area (Å²) in [5.74, 6) is 0.191. The molecule has 6 nitrogen and oxygen atoms in total. The Morgan fingerprint density at radius 1 is 1.32 bits per heavy atom. The number of unbranched alkanes of at least 4 members (excludes halogenated alkanes) is 1. The molecule has 0 atom stereocenters. The van der Waals surface area contributed by atoms with Crippen molar-refractivity contribution in [3.8, 4) is 0 Å².